The highest BCUT2D eigenvalue weighted by molar-refractivity contribution is 6.33. The number of carbonyl (C=O) groups excluding carboxylic acids is 1. The lowest BCUT2D eigenvalue weighted by molar-refractivity contribution is -0.118. The Morgan fingerprint density at radius 2 is 2.28 bits per heavy atom. The summed E-state index contributed by atoms with van der Waals surface area (Å²) in [4.78, 5) is 11.9. The number of nitrogens with two attached hydrogens (primary N) is 1. The highest BCUT2D eigenvalue weighted by atomic mass is 35.5. The molecule has 0 aliphatic carbocycles. The van der Waals surface area contributed by atoms with Gasteiger partial charge in [0.1, 0.15) is 0 Å². The molecule has 0 fully saturated rings. The van der Waals surface area contributed by atoms with Crippen molar-refractivity contribution in [1.82, 2.24) is 0 Å². The van der Waals surface area contributed by atoms with Gasteiger partial charge in [-0.25, -0.2) is 0 Å². The van der Waals surface area contributed by atoms with E-state index in [1.165, 1.54) is 6.07 Å². The Balaban J connectivity index is 2.80. The Morgan fingerprint density at radius 1 is 1.61 bits per heavy atom. The molecule has 5 heteroatoms. The number of nitrogens with one attached hydrogen (secondary N) is 1. The number of hydrogen-bond donors (Lipinski definition) is 2. The van der Waals surface area contributed by atoms with Crippen molar-refractivity contribution in [2.45, 2.75) is 26.3 Å². The fourth-order valence-corrected chi connectivity index (χ4v) is 1.64. The quantitative estimate of drug-likeness (QED) is 0.878. The number of hydrogen-bond acceptors (Lipinski definition) is 3. The van der Waals surface area contributed by atoms with Gasteiger partial charge in [-0.3, -0.25) is 4.79 Å². The van der Waals surface area contributed by atoms with E-state index in [2.05, 4.69) is 5.32 Å². The molecule has 0 aliphatic heterocycles. The van der Waals surface area contributed by atoms with E-state index in [1.54, 1.807) is 12.1 Å². The van der Waals surface area contributed by atoms with Crippen molar-refractivity contribution in [1.29, 1.82) is 5.26 Å². The predicted octanol–water partition coefficient (Wildman–Crippen LogP) is 2.52. The zero-order valence-corrected chi connectivity index (χ0v) is 11.2. The molecule has 1 unspecified atom stereocenters. The number of halogens is 1. The molecule has 1 rings (SSSR count). The molecule has 0 heterocycles. The van der Waals surface area contributed by atoms with Gasteiger partial charge in [0.05, 0.1) is 28.4 Å². The van der Waals surface area contributed by atoms with E-state index in [0.717, 1.165) is 6.42 Å². The molecule has 0 saturated heterocycles. The number of nitrogens with zero attached hydrogens (tertiary/aromatic N) is 1. The SMILES string of the molecule is CCC(C)[C@H](N)C(=O)Nc1ccc(C#N)cc1Cl. The average Bonchev–Trinajstić information content (AvgIpc) is 2.38. The number of anilines is 1. The predicted molar refractivity (Wildman–Crippen MR) is 72.2 cm³/mol. The maximum absolute atomic E-state index is 11.9. The van der Waals surface area contributed by atoms with Crippen LogP contribution in [0.5, 0.6) is 0 Å². The first-order chi connectivity index (χ1) is 8.49. The second-order valence-corrected chi connectivity index (χ2v) is 4.61. The van der Waals surface area contributed by atoms with Crippen LogP contribution in [-0.2, 0) is 4.79 Å². The monoisotopic (exact) mass is 265 g/mol. The molecular weight excluding hydrogens is 250 g/mol. The Hall–Kier alpha value is -1.57. The van der Waals surface area contributed by atoms with Crippen molar-refractivity contribution in [3.63, 3.8) is 0 Å². The van der Waals surface area contributed by atoms with Gasteiger partial charge in [0.15, 0.2) is 0 Å². The third kappa shape index (κ3) is 3.46. The molecule has 1 aromatic carbocycles. The molecule has 18 heavy (non-hydrogen) atoms. The van der Waals surface area contributed by atoms with E-state index in [1.807, 2.05) is 19.9 Å². The summed E-state index contributed by atoms with van der Waals surface area (Å²) in [6, 6.07) is 6.11. The van der Waals surface area contributed by atoms with Crippen LogP contribution >= 0.6 is 11.6 Å². The molecule has 1 aromatic rings. The van der Waals surface area contributed by atoms with Gasteiger partial charge in [0.2, 0.25) is 5.91 Å². The Labute approximate surface area is 112 Å². The minimum absolute atomic E-state index is 0.0992. The summed E-state index contributed by atoms with van der Waals surface area (Å²) in [5.74, 6) is -0.168. The zero-order chi connectivity index (χ0) is 13.7. The summed E-state index contributed by atoms with van der Waals surface area (Å²) in [7, 11) is 0. The second kappa shape index (κ2) is 6.39. The van der Waals surface area contributed by atoms with Crippen molar-refractivity contribution in [2.24, 2.45) is 11.7 Å². The average molecular weight is 266 g/mol. The van der Waals surface area contributed by atoms with Gasteiger partial charge in [-0.1, -0.05) is 31.9 Å². The molecule has 2 atom stereocenters. The van der Waals surface area contributed by atoms with Crippen LogP contribution in [0.3, 0.4) is 0 Å². The number of amides is 1. The lowest BCUT2D eigenvalue weighted by Crippen LogP contribution is -2.40. The maximum atomic E-state index is 11.9. The standard InChI is InChI=1S/C13H16ClN3O/c1-3-8(2)12(16)13(18)17-11-5-4-9(7-15)6-10(11)14/h4-6,8,12H,3,16H2,1-2H3,(H,17,18)/t8?,12-/m0/s1. The molecule has 0 saturated carbocycles. The number of benzene rings is 1. The van der Waals surface area contributed by atoms with Crippen LogP contribution < -0.4 is 11.1 Å². The van der Waals surface area contributed by atoms with Crippen LogP contribution in [0, 0.1) is 17.2 Å². The summed E-state index contributed by atoms with van der Waals surface area (Å²) in [6.45, 7) is 3.90. The summed E-state index contributed by atoms with van der Waals surface area (Å²) in [5, 5.41) is 11.7. The lowest BCUT2D eigenvalue weighted by atomic mass is 9.99. The second-order valence-electron chi connectivity index (χ2n) is 4.21. The van der Waals surface area contributed by atoms with Crippen molar-refractivity contribution in [3.8, 4) is 6.07 Å². The van der Waals surface area contributed by atoms with E-state index >= 15 is 0 Å². The third-order valence-corrected chi connectivity index (χ3v) is 3.23. The van der Waals surface area contributed by atoms with Gasteiger partial charge in [-0.05, 0) is 24.1 Å². The van der Waals surface area contributed by atoms with Crippen LogP contribution in [0.25, 0.3) is 0 Å². The van der Waals surface area contributed by atoms with Crippen LogP contribution in [-0.4, -0.2) is 11.9 Å². The lowest BCUT2D eigenvalue weighted by Gasteiger charge is -2.18. The summed E-state index contributed by atoms with van der Waals surface area (Å²) in [6.07, 6.45) is 0.829. The summed E-state index contributed by atoms with van der Waals surface area (Å²) in [5.41, 5.74) is 6.74. The van der Waals surface area contributed by atoms with E-state index in [0.29, 0.717) is 16.3 Å². The van der Waals surface area contributed by atoms with E-state index < -0.39 is 6.04 Å². The zero-order valence-electron chi connectivity index (χ0n) is 10.4. The molecular formula is C13H16ClN3O. The number of carbonyl (C=O) groups is 1. The Kier molecular flexibility index (Phi) is 5.14. The van der Waals surface area contributed by atoms with Crippen LogP contribution in [0.15, 0.2) is 18.2 Å². The van der Waals surface area contributed by atoms with Gasteiger partial charge in [-0.2, -0.15) is 5.26 Å². The molecule has 0 bridgehead atoms. The maximum Gasteiger partial charge on any atom is 0.241 e. The number of rotatable bonds is 4. The van der Waals surface area contributed by atoms with E-state index in [4.69, 9.17) is 22.6 Å². The molecule has 96 valence electrons. The van der Waals surface area contributed by atoms with Crippen molar-refractivity contribution in [3.05, 3.63) is 28.8 Å². The highest BCUT2D eigenvalue weighted by Gasteiger charge is 2.20. The Morgan fingerprint density at radius 3 is 2.78 bits per heavy atom. The highest BCUT2D eigenvalue weighted by Crippen LogP contribution is 2.23. The smallest absolute Gasteiger partial charge is 0.241 e. The molecule has 0 radical (unpaired) electrons. The fraction of sp³-hybridized carbons (Fsp3) is 0.385. The van der Waals surface area contributed by atoms with Gasteiger partial charge < -0.3 is 11.1 Å². The first-order valence-corrected chi connectivity index (χ1v) is 6.13. The largest absolute Gasteiger partial charge is 0.323 e. The minimum Gasteiger partial charge on any atom is -0.323 e. The third-order valence-electron chi connectivity index (χ3n) is 2.92. The molecule has 0 spiro atoms. The molecule has 1 amide bonds. The van der Waals surface area contributed by atoms with Crippen LogP contribution in [0.1, 0.15) is 25.8 Å². The molecule has 0 aliphatic rings. The van der Waals surface area contributed by atoms with Gasteiger partial charge in [0.25, 0.3) is 0 Å². The van der Waals surface area contributed by atoms with E-state index in [9.17, 15) is 4.79 Å². The van der Waals surface area contributed by atoms with Gasteiger partial charge >= 0.3 is 0 Å². The van der Waals surface area contributed by atoms with Crippen molar-refractivity contribution in [2.75, 3.05) is 5.32 Å². The van der Waals surface area contributed by atoms with Crippen molar-refractivity contribution >= 4 is 23.2 Å². The fourth-order valence-electron chi connectivity index (χ4n) is 1.41. The first kappa shape index (κ1) is 14.5. The normalized spacial score (nSPS) is 13.5. The van der Waals surface area contributed by atoms with Crippen LogP contribution in [0.4, 0.5) is 5.69 Å². The van der Waals surface area contributed by atoms with Crippen molar-refractivity contribution < 1.29 is 4.79 Å². The summed E-state index contributed by atoms with van der Waals surface area (Å²) >= 11 is 5.96. The molecule has 0 aromatic heterocycles. The van der Waals surface area contributed by atoms with Crippen LogP contribution in [0.2, 0.25) is 5.02 Å². The van der Waals surface area contributed by atoms with Gasteiger partial charge in [0, 0.05) is 0 Å². The molecule has 4 nitrogen and oxygen atoms in total. The minimum atomic E-state index is -0.568. The molecule has 3 N–H and O–H groups in total. The van der Waals surface area contributed by atoms with Gasteiger partial charge in [-0.15, -0.1) is 0 Å². The topological polar surface area (TPSA) is 78.9 Å². The first-order valence-electron chi connectivity index (χ1n) is 5.75. The number of nitriles is 1. The Bertz CT molecular complexity index is 482. The van der Waals surface area contributed by atoms with E-state index in [-0.39, 0.29) is 11.8 Å². The summed E-state index contributed by atoms with van der Waals surface area (Å²) < 4.78 is 0.